The second-order valence-corrected chi connectivity index (χ2v) is 6.55. The number of anilines is 1. The molecule has 2 aromatic carbocycles. The molecule has 0 aliphatic carbocycles. The summed E-state index contributed by atoms with van der Waals surface area (Å²) in [6, 6.07) is 13.2. The van der Waals surface area contributed by atoms with Crippen LogP contribution in [-0.2, 0) is 6.54 Å². The minimum Gasteiger partial charge on any atom is -0.383 e. The predicted molar refractivity (Wildman–Crippen MR) is 110 cm³/mol. The third-order valence-corrected chi connectivity index (χ3v) is 4.51. The van der Waals surface area contributed by atoms with Gasteiger partial charge in [0.05, 0.1) is 10.7 Å². The third kappa shape index (κ3) is 3.73. The minimum atomic E-state index is 0.209. The van der Waals surface area contributed by atoms with Gasteiger partial charge in [-0.25, -0.2) is 9.97 Å². The van der Waals surface area contributed by atoms with Crippen molar-refractivity contribution in [2.24, 2.45) is 5.73 Å². The standard InChI is InChI=1S/C20H18Cl2N4/c1-2-3-12-4-6-13(7-5-12)20-25-18(16(11-23)19(24)26-20)15-9-8-14(21)10-17(15)22/h2-10H,11,23H2,1H3,(H2,24,25,26)/b3-2+. The molecular weight excluding hydrogens is 367 g/mol. The number of nitrogen functional groups attached to an aromatic ring is 1. The zero-order valence-electron chi connectivity index (χ0n) is 14.2. The van der Waals surface area contributed by atoms with E-state index in [2.05, 4.69) is 4.98 Å². The van der Waals surface area contributed by atoms with Crippen molar-refractivity contribution in [3.05, 3.63) is 69.7 Å². The van der Waals surface area contributed by atoms with Crippen molar-refractivity contribution < 1.29 is 0 Å². The van der Waals surface area contributed by atoms with Gasteiger partial charge >= 0.3 is 0 Å². The average molecular weight is 385 g/mol. The van der Waals surface area contributed by atoms with Crippen molar-refractivity contribution in [1.82, 2.24) is 9.97 Å². The Hall–Kier alpha value is -2.40. The summed E-state index contributed by atoms with van der Waals surface area (Å²) in [5, 5.41) is 1.04. The summed E-state index contributed by atoms with van der Waals surface area (Å²) in [6.45, 7) is 2.19. The van der Waals surface area contributed by atoms with Crippen molar-refractivity contribution in [3.63, 3.8) is 0 Å². The molecule has 0 radical (unpaired) electrons. The summed E-state index contributed by atoms with van der Waals surface area (Å²) in [5.41, 5.74) is 16.0. The smallest absolute Gasteiger partial charge is 0.162 e. The predicted octanol–water partition coefficient (Wildman–Crippen LogP) is 5.19. The molecule has 3 rings (SSSR count). The number of benzene rings is 2. The van der Waals surface area contributed by atoms with Gasteiger partial charge in [0.2, 0.25) is 0 Å². The van der Waals surface area contributed by atoms with Crippen LogP contribution in [0.15, 0.2) is 48.5 Å². The van der Waals surface area contributed by atoms with Gasteiger partial charge in [-0.05, 0) is 30.7 Å². The van der Waals surface area contributed by atoms with Crippen molar-refractivity contribution in [2.45, 2.75) is 13.5 Å². The summed E-state index contributed by atoms with van der Waals surface area (Å²) >= 11 is 12.4. The number of hydrogen-bond acceptors (Lipinski definition) is 4. The van der Waals surface area contributed by atoms with E-state index >= 15 is 0 Å². The van der Waals surface area contributed by atoms with Gasteiger partial charge in [-0.2, -0.15) is 0 Å². The van der Waals surface area contributed by atoms with Gasteiger partial charge in [0, 0.05) is 28.3 Å². The molecule has 0 aliphatic heterocycles. The minimum absolute atomic E-state index is 0.209. The van der Waals surface area contributed by atoms with Gasteiger partial charge in [-0.15, -0.1) is 0 Å². The summed E-state index contributed by atoms with van der Waals surface area (Å²) in [7, 11) is 0. The lowest BCUT2D eigenvalue weighted by atomic mass is 10.0. The third-order valence-electron chi connectivity index (χ3n) is 3.96. The van der Waals surface area contributed by atoms with E-state index in [0.717, 1.165) is 16.7 Å². The molecule has 4 nitrogen and oxygen atoms in total. The van der Waals surface area contributed by atoms with Crippen molar-refractivity contribution in [1.29, 1.82) is 0 Å². The van der Waals surface area contributed by atoms with Gasteiger partial charge in [0.15, 0.2) is 5.82 Å². The highest BCUT2D eigenvalue weighted by molar-refractivity contribution is 6.36. The molecule has 0 amide bonds. The van der Waals surface area contributed by atoms with Gasteiger partial charge < -0.3 is 11.5 Å². The fraction of sp³-hybridized carbons (Fsp3) is 0.100. The Morgan fingerprint density at radius 1 is 1.04 bits per heavy atom. The van der Waals surface area contributed by atoms with Crippen molar-refractivity contribution >= 4 is 35.1 Å². The quantitative estimate of drug-likeness (QED) is 0.648. The van der Waals surface area contributed by atoms with E-state index < -0.39 is 0 Å². The van der Waals surface area contributed by atoms with Crippen LogP contribution in [0.3, 0.4) is 0 Å². The van der Waals surface area contributed by atoms with Crippen molar-refractivity contribution in [2.75, 3.05) is 5.73 Å². The molecule has 0 unspecified atom stereocenters. The van der Waals surface area contributed by atoms with Crippen molar-refractivity contribution in [3.8, 4) is 22.6 Å². The first-order chi connectivity index (χ1) is 12.5. The summed E-state index contributed by atoms with van der Waals surface area (Å²) in [5.74, 6) is 0.865. The molecule has 0 spiro atoms. The maximum Gasteiger partial charge on any atom is 0.162 e. The normalized spacial score (nSPS) is 11.2. The molecule has 0 atom stereocenters. The molecule has 0 bridgehead atoms. The van der Waals surface area contributed by atoms with E-state index in [0.29, 0.717) is 32.9 Å². The van der Waals surface area contributed by atoms with Gasteiger partial charge in [0.25, 0.3) is 0 Å². The lowest BCUT2D eigenvalue weighted by molar-refractivity contribution is 1.03. The van der Waals surface area contributed by atoms with Gasteiger partial charge in [-0.1, -0.05) is 59.6 Å². The summed E-state index contributed by atoms with van der Waals surface area (Å²) < 4.78 is 0. The number of allylic oxidation sites excluding steroid dienone is 1. The monoisotopic (exact) mass is 384 g/mol. The first kappa shape index (κ1) is 18.4. The Morgan fingerprint density at radius 3 is 2.38 bits per heavy atom. The first-order valence-corrected chi connectivity index (χ1v) is 8.84. The zero-order valence-corrected chi connectivity index (χ0v) is 15.7. The van der Waals surface area contributed by atoms with E-state index in [-0.39, 0.29) is 6.54 Å². The molecule has 6 heteroatoms. The second kappa shape index (κ2) is 7.87. The summed E-state index contributed by atoms with van der Waals surface area (Å²) in [4.78, 5) is 9.12. The zero-order chi connectivity index (χ0) is 18.7. The molecule has 3 aromatic rings. The fourth-order valence-electron chi connectivity index (χ4n) is 2.67. The van der Waals surface area contributed by atoms with Crippen LogP contribution in [0.2, 0.25) is 10.0 Å². The number of halogens is 2. The number of nitrogens with two attached hydrogens (primary N) is 2. The maximum absolute atomic E-state index is 6.37. The SMILES string of the molecule is C/C=C/c1ccc(-c2nc(N)c(CN)c(-c3ccc(Cl)cc3Cl)n2)cc1. The first-order valence-electron chi connectivity index (χ1n) is 8.08. The molecule has 1 heterocycles. The summed E-state index contributed by atoms with van der Waals surface area (Å²) in [6.07, 6.45) is 4.01. The Morgan fingerprint density at radius 2 is 1.77 bits per heavy atom. The Labute approximate surface area is 162 Å². The average Bonchev–Trinajstić information content (AvgIpc) is 2.62. The molecule has 0 fully saturated rings. The Kier molecular flexibility index (Phi) is 5.57. The number of hydrogen-bond donors (Lipinski definition) is 2. The van der Waals surface area contributed by atoms with Crippen LogP contribution in [0.4, 0.5) is 5.82 Å². The van der Waals surface area contributed by atoms with Crippen LogP contribution in [0.25, 0.3) is 28.7 Å². The molecule has 0 saturated heterocycles. The van der Waals surface area contributed by atoms with Crippen LogP contribution < -0.4 is 11.5 Å². The lowest BCUT2D eigenvalue weighted by Gasteiger charge is -2.13. The molecule has 4 N–H and O–H groups in total. The fourth-order valence-corrected chi connectivity index (χ4v) is 3.17. The van der Waals surface area contributed by atoms with Crippen LogP contribution in [-0.4, -0.2) is 9.97 Å². The van der Waals surface area contributed by atoms with Crippen LogP contribution in [0, 0.1) is 0 Å². The maximum atomic E-state index is 6.37. The van der Waals surface area contributed by atoms with E-state index in [1.54, 1.807) is 12.1 Å². The lowest BCUT2D eigenvalue weighted by Crippen LogP contribution is -2.09. The topological polar surface area (TPSA) is 77.8 Å². The van der Waals surface area contributed by atoms with E-state index in [4.69, 9.17) is 39.7 Å². The van der Waals surface area contributed by atoms with Crippen LogP contribution in [0.1, 0.15) is 18.1 Å². The highest BCUT2D eigenvalue weighted by Gasteiger charge is 2.16. The number of rotatable bonds is 4. The molecule has 26 heavy (non-hydrogen) atoms. The molecule has 132 valence electrons. The van der Waals surface area contributed by atoms with Crippen LogP contribution in [0.5, 0.6) is 0 Å². The molecule has 0 saturated carbocycles. The molecule has 1 aromatic heterocycles. The largest absolute Gasteiger partial charge is 0.383 e. The van der Waals surface area contributed by atoms with E-state index in [1.165, 1.54) is 0 Å². The van der Waals surface area contributed by atoms with E-state index in [9.17, 15) is 0 Å². The van der Waals surface area contributed by atoms with Gasteiger partial charge in [-0.3, -0.25) is 0 Å². The van der Waals surface area contributed by atoms with Crippen LogP contribution >= 0.6 is 23.2 Å². The highest BCUT2D eigenvalue weighted by Crippen LogP contribution is 2.34. The van der Waals surface area contributed by atoms with E-state index in [1.807, 2.05) is 49.4 Å². The molecule has 0 aliphatic rings. The van der Waals surface area contributed by atoms with Gasteiger partial charge in [0.1, 0.15) is 5.82 Å². The Bertz CT molecular complexity index is 966. The number of nitrogens with zero attached hydrogens (tertiary/aromatic N) is 2. The second-order valence-electron chi connectivity index (χ2n) is 5.71. The highest BCUT2D eigenvalue weighted by atomic mass is 35.5. The Balaban J connectivity index is 2.15. The number of aromatic nitrogens is 2. The molecular formula is C20H18Cl2N4.